The Morgan fingerprint density at radius 2 is 1.52 bits per heavy atom. The molecule has 0 bridgehead atoms. The molecule has 0 heterocycles. The van der Waals surface area contributed by atoms with Crippen LogP contribution in [0.4, 0.5) is 5.69 Å². The van der Waals surface area contributed by atoms with Gasteiger partial charge in [0.05, 0.1) is 5.71 Å². The highest BCUT2D eigenvalue weighted by Crippen LogP contribution is 2.13. The number of anilines is 1. The molecule has 0 aromatic heterocycles. The molecule has 0 atom stereocenters. The van der Waals surface area contributed by atoms with Crippen molar-refractivity contribution >= 4 is 30.0 Å². The fourth-order valence-corrected chi connectivity index (χ4v) is 2.59. The highest BCUT2D eigenvalue weighted by Gasteiger charge is 2.03. The summed E-state index contributed by atoms with van der Waals surface area (Å²) in [5.41, 5.74) is 9.53. The lowest BCUT2D eigenvalue weighted by molar-refractivity contribution is -0.136. The molecule has 0 amide bonds. The van der Waals surface area contributed by atoms with Crippen LogP contribution in [0.25, 0.3) is 0 Å². The second-order valence-electron chi connectivity index (χ2n) is 5.93. The molecule has 3 rings (SSSR count). The lowest BCUT2D eigenvalue weighted by atomic mass is 10.0. The van der Waals surface area contributed by atoms with Crippen LogP contribution in [0.1, 0.15) is 23.1 Å². The Kier molecular flexibility index (Phi) is 10.9. The molecule has 29 heavy (non-hydrogen) atoms. The first-order chi connectivity index (χ1) is 14.0. The second kappa shape index (κ2) is 13.1. The van der Waals surface area contributed by atoms with Gasteiger partial charge in [0.2, 0.25) is 0 Å². The van der Waals surface area contributed by atoms with Crippen molar-refractivity contribution in [1.82, 2.24) is 0 Å². The zero-order valence-electron chi connectivity index (χ0n) is 16.2. The third-order valence-electron chi connectivity index (χ3n) is 3.80. The Balaban J connectivity index is 0.000000273. The molecule has 0 aliphatic rings. The maximum absolute atomic E-state index is 10.2. The van der Waals surface area contributed by atoms with Crippen LogP contribution in [0.5, 0.6) is 0 Å². The molecule has 3 aromatic carbocycles. The van der Waals surface area contributed by atoms with Crippen molar-refractivity contribution in [2.45, 2.75) is 17.7 Å². The van der Waals surface area contributed by atoms with Crippen molar-refractivity contribution < 1.29 is 15.0 Å². The molecule has 0 unspecified atom stereocenters. The monoisotopic (exact) mass is 410 g/mol. The first kappa shape index (κ1) is 23.9. The number of carbonyl (C=O) groups is 1. The van der Waals surface area contributed by atoms with Crippen LogP contribution in [0.15, 0.2) is 83.8 Å². The summed E-state index contributed by atoms with van der Waals surface area (Å²) in [5, 5.41) is 23.4. The summed E-state index contributed by atoms with van der Waals surface area (Å²) >= 11 is 4.26. The Bertz CT molecular complexity index is 898. The van der Waals surface area contributed by atoms with Gasteiger partial charge in [-0.25, -0.2) is 0 Å². The quantitative estimate of drug-likeness (QED) is 0.246. The summed E-state index contributed by atoms with van der Waals surface area (Å²) in [6, 6.07) is 24.6. The van der Waals surface area contributed by atoms with Crippen LogP contribution in [-0.2, 0) is 11.2 Å². The number of aliphatic hydroxyl groups excluding tert-OH is 1. The number of hydrogen-bond acceptors (Lipinski definition) is 5. The van der Waals surface area contributed by atoms with Gasteiger partial charge in [-0.05, 0) is 41.8 Å². The van der Waals surface area contributed by atoms with Gasteiger partial charge in [0.25, 0.3) is 0 Å². The van der Waals surface area contributed by atoms with E-state index in [2.05, 4.69) is 12.6 Å². The first-order valence-electron chi connectivity index (χ1n) is 8.90. The fourth-order valence-electron chi connectivity index (χ4n) is 2.37. The maximum atomic E-state index is 10.2. The summed E-state index contributed by atoms with van der Waals surface area (Å²) in [7, 11) is 1.00. The van der Waals surface area contributed by atoms with E-state index in [0.29, 0.717) is 17.8 Å². The molecule has 152 valence electrons. The van der Waals surface area contributed by atoms with Crippen LogP contribution in [-0.4, -0.2) is 29.0 Å². The van der Waals surface area contributed by atoms with Crippen LogP contribution in [0.3, 0.4) is 0 Å². The third-order valence-corrected chi connectivity index (χ3v) is 4.08. The van der Waals surface area contributed by atoms with E-state index < -0.39 is 5.97 Å². The first-order valence-corrected chi connectivity index (χ1v) is 9.34. The van der Waals surface area contributed by atoms with E-state index in [-0.39, 0.29) is 6.42 Å². The van der Waals surface area contributed by atoms with E-state index in [1.54, 1.807) is 12.1 Å². The molecule has 0 radical (unpaired) electrons. The van der Waals surface area contributed by atoms with Gasteiger partial charge in [0.1, 0.15) is 0 Å². The number of aliphatic carboxylic acids is 1. The van der Waals surface area contributed by atoms with Crippen molar-refractivity contribution in [2.24, 2.45) is 0 Å². The highest BCUT2D eigenvalue weighted by molar-refractivity contribution is 7.80. The Morgan fingerprint density at radius 1 is 0.931 bits per heavy atom. The van der Waals surface area contributed by atoms with Crippen molar-refractivity contribution in [1.29, 1.82) is 5.41 Å². The average molecular weight is 411 g/mol. The smallest absolute Gasteiger partial charge is 0.303 e. The predicted molar refractivity (Wildman–Crippen MR) is 121 cm³/mol. The molecule has 0 saturated heterocycles. The fraction of sp³-hybridized carbons (Fsp3) is 0.130. The van der Waals surface area contributed by atoms with Crippen LogP contribution in [0.2, 0.25) is 0 Å². The number of rotatable bonds is 5. The molecular formula is C23H26N2O3S. The van der Waals surface area contributed by atoms with E-state index in [0.717, 1.165) is 28.7 Å². The lowest BCUT2D eigenvalue weighted by Crippen LogP contribution is -2.00. The summed E-state index contributed by atoms with van der Waals surface area (Å²) < 4.78 is 0. The molecule has 0 fully saturated rings. The molecule has 0 aliphatic carbocycles. The number of nitrogens with one attached hydrogen (secondary N) is 1. The second-order valence-corrected chi connectivity index (χ2v) is 6.44. The van der Waals surface area contributed by atoms with E-state index >= 15 is 0 Å². The highest BCUT2D eigenvalue weighted by atomic mass is 32.1. The maximum Gasteiger partial charge on any atom is 0.303 e. The van der Waals surface area contributed by atoms with Crippen LogP contribution < -0.4 is 5.73 Å². The number of nitrogens with two attached hydrogens (primary N) is 1. The molecule has 5 nitrogen and oxygen atoms in total. The van der Waals surface area contributed by atoms with Gasteiger partial charge in [-0.2, -0.15) is 0 Å². The average Bonchev–Trinajstić information content (AvgIpc) is 2.75. The van der Waals surface area contributed by atoms with Crippen LogP contribution >= 0.6 is 12.6 Å². The number of carboxylic acids is 1. The number of benzene rings is 3. The summed E-state index contributed by atoms with van der Waals surface area (Å²) in [6.07, 6.45) is 0.736. The van der Waals surface area contributed by atoms with E-state index in [1.807, 2.05) is 66.7 Å². The number of carboxylic acid groups (broad SMARTS) is 1. The molecule has 0 aliphatic heterocycles. The molecule has 0 saturated carbocycles. The third kappa shape index (κ3) is 9.10. The zero-order valence-corrected chi connectivity index (χ0v) is 17.1. The minimum Gasteiger partial charge on any atom is -0.481 e. The zero-order chi connectivity index (χ0) is 21.6. The minimum atomic E-state index is -0.771. The number of hydrogen-bond donors (Lipinski definition) is 5. The largest absolute Gasteiger partial charge is 0.481 e. The molecule has 6 heteroatoms. The lowest BCUT2D eigenvalue weighted by Gasteiger charge is -2.04. The summed E-state index contributed by atoms with van der Waals surface area (Å²) in [6.45, 7) is 0. The standard InChI is InChI=1S/C13H11NS.C9H11NO2.CH4O/c14-13(10-5-2-1-3-6-10)11-7-4-8-12(15)9-11;10-8-4-1-7(2-5-8)3-6-9(11)12;1-2/h1-9,14-15H;1-2,4-5H,3,6,10H2,(H,11,12);2H,1H3. The van der Waals surface area contributed by atoms with Gasteiger partial charge < -0.3 is 15.9 Å². The van der Waals surface area contributed by atoms with Gasteiger partial charge >= 0.3 is 5.97 Å². The van der Waals surface area contributed by atoms with Crippen molar-refractivity contribution in [3.05, 3.63) is 95.6 Å². The summed E-state index contributed by atoms with van der Waals surface area (Å²) in [5.74, 6) is -0.771. The van der Waals surface area contributed by atoms with Gasteiger partial charge in [0, 0.05) is 29.7 Å². The van der Waals surface area contributed by atoms with Crippen molar-refractivity contribution in [3.63, 3.8) is 0 Å². The Hall–Kier alpha value is -3.09. The normalized spacial score (nSPS) is 9.34. The van der Waals surface area contributed by atoms with Gasteiger partial charge in [0.15, 0.2) is 0 Å². The van der Waals surface area contributed by atoms with E-state index in [1.165, 1.54) is 0 Å². The van der Waals surface area contributed by atoms with Crippen LogP contribution in [0, 0.1) is 5.41 Å². The van der Waals surface area contributed by atoms with E-state index in [9.17, 15) is 4.79 Å². The van der Waals surface area contributed by atoms with Crippen molar-refractivity contribution in [2.75, 3.05) is 12.8 Å². The number of aryl methyl sites for hydroxylation is 1. The predicted octanol–water partition coefficient (Wildman–Crippen LogP) is 4.29. The molecule has 5 N–H and O–H groups in total. The number of thiol groups is 1. The van der Waals surface area contributed by atoms with Gasteiger partial charge in [-0.15, -0.1) is 12.6 Å². The summed E-state index contributed by atoms with van der Waals surface area (Å²) in [4.78, 5) is 11.1. The molecule has 0 spiro atoms. The van der Waals surface area contributed by atoms with E-state index in [4.69, 9.17) is 21.4 Å². The minimum absolute atomic E-state index is 0.171. The molecule has 3 aromatic rings. The number of nitrogen functional groups attached to an aromatic ring is 1. The van der Waals surface area contributed by atoms with Gasteiger partial charge in [-0.3, -0.25) is 10.2 Å². The SMILES string of the molecule is CO.N=C(c1ccccc1)c1cccc(S)c1.Nc1ccc(CCC(=O)O)cc1. The van der Waals surface area contributed by atoms with Crippen molar-refractivity contribution in [3.8, 4) is 0 Å². The Labute approximate surface area is 176 Å². The number of aliphatic hydroxyl groups is 1. The topological polar surface area (TPSA) is 107 Å². The van der Waals surface area contributed by atoms with Gasteiger partial charge in [-0.1, -0.05) is 54.6 Å². The Morgan fingerprint density at radius 3 is 2.07 bits per heavy atom. The molecular weight excluding hydrogens is 384 g/mol.